The van der Waals surface area contributed by atoms with E-state index in [-0.39, 0.29) is 36.1 Å². The molecule has 2 aromatic rings. The summed E-state index contributed by atoms with van der Waals surface area (Å²) in [7, 11) is 0. The molecule has 2 heterocycles. The first-order chi connectivity index (χ1) is 15.5. The van der Waals surface area contributed by atoms with E-state index in [0.29, 0.717) is 31.9 Å². The van der Waals surface area contributed by atoms with Gasteiger partial charge in [0.15, 0.2) is 0 Å². The Balaban J connectivity index is 1.52. The summed E-state index contributed by atoms with van der Waals surface area (Å²) in [5, 5.41) is 17.5. The molecule has 1 aliphatic heterocycles. The Morgan fingerprint density at radius 1 is 1.12 bits per heavy atom. The zero-order valence-electron chi connectivity index (χ0n) is 18.1. The molecule has 1 aromatic carbocycles. The quantitative estimate of drug-likeness (QED) is 0.514. The fourth-order valence-corrected chi connectivity index (χ4v) is 3.72. The molecular weight excluding hydrogens is 445 g/mol. The molecule has 1 aliphatic rings. The van der Waals surface area contributed by atoms with Crippen molar-refractivity contribution < 1.29 is 27.7 Å². The van der Waals surface area contributed by atoms with Crippen LogP contribution in [-0.2, 0) is 22.3 Å². The highest BCUT2D eigenvalue weighted by Crippen LogP contribution is 2.34. The number of anilines is 1. The Kier molecular flexibility index (Phi) is 7.01. The predicted molar refractivity (Wildman–Crippen MR) is 111 cm³/mol. The molecule has 13 heteroatoms. The monoisotopic (exact) mass is 468 g/mol. The molecule has 0 saturated carbocycles. The number of benzene rings is 1. The second-order valence-electron chi connectivity index (χ2n) is 7.68. The lowest BCUT2D eigenvalue weighted by atomic mass is 10.1. The number of hydrogen-bond acceptors (Lipinski definition) is 6. The van der Waals surface area contributed by atoms with Gasteiger partial charge in [-0.05, 0) is 26.0 Å². The SMILES string of the molecule is Cc1nn(CC(=O)N2CCN(CC(=O)Nc3ccccc3C(F)(F)F)CC2)c(C)c1[N+](=O)[O-]. The fraction of sp³-hybridized carbons (Fsp3) is 0.450. The minimum Gasteiger partial charge on any atom is -0.339 e. The third kappa shape index (κ3) is 5.66. The standard InChI is InChI=1S/C20H23F3N6O4/c1-13-19(29(32)33)14(2)28(25-13)12-18(31)27-9-7-26(8-10-27)11-17(30)24-16-6-4-3-5-15(16)20(21,22)23/h3-6H,7-12H2,1-2H3,(H,24,30). The molecule has 33 heavy (non-hydrogen) atoms. The lowest BCUT2D eigenvalue weighted by molar-refractivity contribution is -0.386. The number of aryl methyl sites for hydroxylation is 1. The molecule has 0 bridgehead atoms. The van der Waals surface area contributed by atoms with E-state index < -0.39 is 22.6 Å². The number of para-hydroxylation sites is 1. The molecule has 0 atom stereocenters. The van der Waals surface area contributed by atoms with Gasteiger partial charge in [0.2, 0.25) is 11.8 Å². The van der Waals surface area contributed by atoms with Gasteiger partial charge in [-0.25, -0.2) is 0 Å². The van der Waals surface area contributed by atoms with Crippen LogP contribution in [0.25, 0.3) is 0 Å². The molecule has 1 fully saturated rings. The molecule has 3 rings (SSSR count). The normalized spacial score (nSPS) is 14.9. The van der Waals surface area contributed by atoms with Crippen LogP contribution in [0.5, 0.6) is 0 Å². The van der Waals surface area contributed by atoms with Crippen molar-refractivity contribution in [2.24, 2.45) is 0 Å². The maximum Gasteiger partial charge on any atom is 0.418 e. The first-order valence-corrected chi connectivity index (χ1v) is 10.1. The first kappa shape index (κ1) is 24.2. The number of nitrogens with one attached hydrogen (secondary N) is 1. The van der Waals surface area contributed by atoms with Crippen molar-refractivity contribution in [3.8, 4) is 0 Å². The van der Waals surface area contributed by atoms with E-state index in [2.05, 4.69) is 10.4 Å². The zero-order chi connectivity index (χ0) is 24.3. The Morgan fingerprint density at radius 3 is 2.33 bits per heavy atom. The van der Waals surface area contributed by atoms with E-state index in [1.165, 1.54) is 36.7 Å². The summed E-state index contributed by atoms with van der Waals surface area (Å²) in [6, 6.07) is 4.75. The number of nitrogens with zero attached hydrogens (tertiary/aromatic N) is 5. The van der Waals surface area contributed by atoms with Crippen LogP contribution in [0.4, 0.5) is 24.5 Å². The first-order valence-electron chi connectivity index (χ1n) is 10.1. The van der Waals surface area contributed by atoms with Crippen molar-refractivity contribution in [1.82, 2.24) is 19.6 Å². The van der Waals surface area contributed by atoms with Gasteiger partial charge in [-0.1, -0.05) is 12.1 Å². The van der Waals surface area contributed by atoms with Crippen molar-refractivity contribution in [3.63, 3.8) is 0 Å². The lowest BCUT2D eigenvalue weighted by Gasteiger charge is -2.34. The highest BCUT2D eigenvalue weighted by molar-refractivity contribution is 5.93. The van der Waals surface area contributed by atoms with E-state index in [1.54, 1.807) is 9.80 Å². The Bertz CT molecular complexity index is 1060. The van der Waals surface area contributed by atoms with Crippen molar-refractivity contribution in [3.05, 3.63) is 51.3 Å². The van der Waals surface area contributed by atoms with Gasteiger partial charge in [-0.15, -0.1) is 0 Å². The molecule has 178 valence electrons. The summed E-state index contributed by atoms with van der Waals surface area (Å²) in [6.45, 7) is 4.11. The van der Waals surface area contributed by atoms with E-state index >= 15 is 0 Å². The lowest BCUT2D eigenvalue weighted by Crippen LogP contribution is -2.51. The van der Waals surface area contributed by atoms with Gasteiger partial charge in [0.05, 0.1) is 22.7 Å². The van der Waals surface area contributed by atoms with Crippen molar-refractivity contribution in [2.45, 2.75) is 26.6 Å². The topological polar surface area (TPSA) is 114 Å². The number of carbonyl (C=O) groups is 2. The Morgan fingerprint density at radius 2 is 1.76 bits per heavy atom. The molecular formula is C20H23F3N6O4. The minimum absolute atomic E-state index is 0.113. The van der Waals surface area contributed by atoms with Gasteiger partial charge >= 0.3 is 11.9 Å². The van der Waals surface area contributed by atoms with Gasteiger partial charge in [-0.3, -0.25) is 29.3 Å². The molecule has 1 saturated heterocycles. The summed E-state index contributed by atoms with van der Waals surface area (Å²) < 4.78 is 40.5. The van der Waals surface area contributed by atoms with Crippen LogP contribution in [0, 0.1) is 24.0 Å². The Hall–Kier alpha value is -3.48. The number of aromatic nitrogens is 2. The third-order valence-electron chi connectivity index (χ3n) is 5.41. The predicted octanol–water partition coefficient (Wildman–Crippen LogP) is 2.21. The molecule has 1 aromatic heterocycles. The van der Waals surface area contributed by atoms with Crippen LogP contribution in [0.1, 0.15) is 17.0 Å². The molecule has 10 nitrogen and oxygen atoms in total. The van der Waals surface area contributed by atoms with Crippen molar-refractivity contribution >= 4 is 23.2 Å². The number of carbonyl (C=O) groups excluding carboxylic acids is 2. The van der Waals surface area contributed by atoms with Gasteiger partial charge < -0.3 is 10.2 Å². The number of hydrogen-bond donors (Lipinski definition) is 1. The molecule has 0 unspecified atom stereocenters. The van der Waals surface area contributed by atoms with Gasteiger partial charge in [0.25, 0.3) is 0 Å². The fourth-order valence-electron chi connectivity index (χ4n) is 3.72. The number of piperazine rings is 1. The number of nitro groups is 1. The van der Waals surface area contributed by atoms with E-state index in [4.69, 9.17) is 0 Å². The molecule has 0 radical (unpaired) electrons. The average Bonchev–Trinajstić information content (AvgIpc) is 3.01. The number of alkyl halides is 3. The van der Waals surface area contributed by atoms with E-state index in [0.717, 1.165) is 6.07 Å². The second kappa shape index (κ2) is 9.57. The smallest absolute Gasteiger partial charge is 0.339 e. The van der Waals surface area contributed by atoms with Crippen LogP contribution >= 0.6 is 0 Å². The summed E-state index contributed by atoms with van der Waals surface area (Å²) in [6.07, 6.45) is -4.58. The van der Waals surface area contributed by atoms with Gasteiger partial charge in [0, 0.05) is 26.2 Å². The van der Waals surface area contributed by atoms with Crippen LogP contribution in [-0.4, -0.2) is 69.0 Å². The highest BCUT2D eigenvalue weighted by atomic mass is 19.4. The average molecular weight is 468 g/mol. The van der Waals surface area contributed by atoms with Crippen LogP contribution in [0.2, 0.25) is 0 Å². The van der Waals surface area contributed by atoms with E-state index in [1.807, 2.05) is 0 Å². The van der Waals surface area contributed by atoms with Crippen molar-refractivity contribution in [2.75, 3.05) is 38.0 Å². The molecule has 0 spiro atoms. The summed E-state index contributed by atoms with van der Waals surface area (Å²) >= 11 is 0. The van der Waals surface area contributed by atoms with Crippen molar-refractivity contribution in [1.29, 1.82) is 0 Å². The molecule has 2 amide bonds. The molecule has 0 aliphatic carbocycles. The van der Waals surface area contributed by atoms with Crippen LogP contribution in [0.3, 0.4) is 0 Å². The summed E-state index contributed by atoms with van der Waals surface area (Å²) in [4.78, 5) is 38.8. The Labute approximate surface area is 187 Å². The summed E-state index contributed by atoms with van der Waals surface area (Å²) in [5.41, 5.74) is -0.819. The van der Waals surface area contributed by atoms with Gasteiger partial charge in [-0.2, -0.15) is 18.3 Å². The minimum atomic E-state index is -4.58. The number of halogens is 3. The zero-order valence-corrected chi connectivity index (χ0v) is 18.1. The number of amides is 2. The van der Waals surface area contributed by atoms with Crippen LogP contribution in [0.15, 0.2) is 24.3 Å². The van der Waals surface area contributed by atoms with Crippen LogP contribution < -0.4 is 5.32 Å². The highest BCUT2D eigenvalue weighted by Gasteiger charge is 2.34. The second-order valence-corrected chi connectivity index (χ2v) is 7.68. The maximum absolute atomic E-state index is 13.1. The summed E-state index contributed by atoms with van der Waals surface area (Å²) in [5.74, 6) is -0.847. The molecule has 1 N–H and O–H groups in total. The largest absolute Gasteiger partial charge is 0.418 e. The third-order valence-corrected chi connectivity index (χ3v) is 5.41. The van der Waals surface area contributed by atoms with Gasteiger partial charge in [0.1, 0.15) is 17.9 Å². The van der Waals surface area contributed by atoms with E-state index in [9.17, 15) is 32.9 Å². The number of rotatable bonds is 6. The maximum atomic E-state index is 13.1.